The van der Waals surface area contributed by atoms with Gasteiger partial charge in [0.1, 0.15) is 5.78 Å². The van der Waals surface area contributed by atoms with E-state index in [1.807, 2.05) is 25.1 Å². The highest BCUT2D eigenvalue weighted by Crippen LogP contribution is 2.74. The van der Waals surface area contributed by atoms with Crippen molar-refractivity contribution in [3.63, 3.8) is 0 Å². The van der Waals surface area contributed by atoms with E-state index in [2.05, 4.69) is 66.8 Å². The van der Waals surface area contributed by atoms with Crippen molar-refractivity contribution in [2.75, 3.05) is 5.32 Å². The van der Waals surface area contributed by atoms with Crippen molar-refractivity contribution in [3.05, 3.63) is 29.8 Å². The number of hydrogen-bond acceptors (Lipinski definition) is 4. The molecule has 0 saturated heterocycles. The van der Waals surface area contributed by atoms with E-state index in [0.29, 0.717) is 23.0 Å². The molecule has 6 atom stereocenters. The molecule has 7 heteroatoms. The first-order valence-corrected chi connectivity index (χ1v) is 16.1. The molecule has 1 amide bonds. The number of para-hydroxylation sites is 1. The van der Waals surface area contributed by atoms with Gasteiger partial charge in [-0.15, -0.1) is 11.6 Å². The molecule has 0 unspecified atom stereocenters. The van der Waals surface area contributed by atoms with Crippen molar-refractivity contribution in [2.24, 2.45) is 22.7 Å². The van der Waals surface area contributed by atoms with E-state index in [4.69, 9.17) is 20.8 Å². The fourth-order valence-electron chi connectivity index (χ4n) is 8.45. The van der Waals surface area contributed by atoms with E-state index >= 15 is 0 Å². The molecule has 1 spiro atoms. The molecule has 0 aromatic heterocycles. The summed E-state index contributed by atoms with van der Waals surface area (Å²) in [5.41, 5.74) is 0.594. The Bertz CT molecular complexity index is 1030. The smallest absolute Gasteiger partial charge is 0.412 e. The van der Waals surface area contributed by atoms with Crippen molar-refractivity contribution >= 4 is 37.5 Å². The van der Waals surface area contributed by atoms with Gasteiger partial charge in [0, 0.05) is 22.3 Å². The summed E-state index contributed by atoms with van der Waals surface area (Å²) in [5, 5.41) is 2.54. The number of halogens is 1. The van der Waals surface area contributed by atoms with Gasteiger partial charge in [-0.2, -0.15) is 0 Å². The molecule has 5 nitrogen and oxygen atoms in total. The van der Waals surface area contributed by atoms with E-state index in [9.17, 15) is 9.59 Å². The van der Waals surface area contributed by atoms with Crippen LogP contribution in [0.5, 0.6) is 0 Å². The summed E-state index contributed by atoms with van der Waals surface area (Å²) in [4.78, 5) is 26.5. The first-order valence-electron chi connectivity index (χ1n) is 13.5. The molecular formula is C29H44ClNO4Si. The van der Waals surface area contributed by atoms with Crippen molar-refractivity contribution < 1.29 is 18.8 Å². The number of ether oxygens (including phenoxy) is 1. The van der Waals surface area contributed by atoms with Crippen molar-refractivity contribution in [3.8, 4) is 0 Å². The van der Waals surface area contributed by atoms with Crippen molar-refractivity contribution in [1.82, 2.24) is 0 Å². The Hall–Kier alpha value is -1.37. The minimum atomic E-state index is -2.42. The fraction of sp³-hybridized carbons (Fsp3) is 0.724. The second kappa shape index (κ2) is 8.84. The van der Waals surface area contributed by atoms with Gasteiger partial charge in [-0.3, -0.25) is 10.1 Å². The van der Waals surface area contributed by atoms with Crippen LogP contribution in [-0.4, -0.2) is 31.7 Å². The fourth-order valence-corrected chi connectivity index (χ4v) is 14.6. The summed E-state index contributed by atoms with van der Waals surface area (Å²) in [6.45, 7) is 21.6. The molecule has 3 aliphatic rings. The zero-order valence-electron chi connectivity index (χ0n) is 23.6. The van der Waals surface area contributed by atoms with E-state index in [1.54, 1.807) is 6.92 Å². The van der Waals surface area contributed by atoms with Crippen LogP contribution in [0.4, 0.5) is 10.5 Å². The van der Waals surface area contributed by atoms with Gasteiger partial charge >= 0.3 is 6.09 Å². The van der Waals surface area contributed by atoms with Crippen LogP contribution < -0.4 is 5.32 Å². The van der Waals surface area contributed by atoms with E-state index in [1.165, 1.54) is 0 Å². The molecule has 1 aliphatic heterocycles. The summed E-state index contributed by atoms with van der Waals surface area (Å²) in [5.74, 6) is 0.0137. The first kappa shape index (κ1) is 27.7. The number of carbonyl (C=O) groups is 2. The van der Waals surface area contributed by atoms with Gasteiger partial charge in [-0.1, -0.05) is 73.6 Å². The Balaban J connectivity index is 1.99. The Morgan fingerprint density at radius 2 is 1.64 bits per heavy atom. The van der Waals surface area contributed by atoms with Crippen molar-refractivity contribution in [2.45, 2.75) is 109 Å². The van der Waals surface area contributed by atoms with Crippen LogP contribution in [-0.2, 0) is 19.6 Å². The number of fused-ring (bicyclic) bond motifs is 4. The number of benzene rings is 1. The van der Waals surface area contributed by atoms with Crippen LogP contribution in [0.15, 0.2) is 24.3 Å². The molecule has 1 N–H and O–H groups in total. The molecule has 0 radical (unpaired) electrons. The molecule has 2 aliphatic carbocycles. The van der Waals surface area contributed by atoms with Crippen LogP contribution in [0.3, 0.4) is 0 Å². The number of carbonyl (C=O) groups excluding carboxylic acids is 2. The molecule has 1 aromatic carbocycles. The molecule has 200 valence electrons. The van der Waals surface area contributed by atoms with E-state index in [-0.39, 0.29) is 28.4 Å². The van der Waals surface area contributed by atoms with Crippen molar-refractivity contribution in [1.29, 1.82) is 0 Å². The summed E-state index contributed by atoms with van der Waals surface area (Å²) < 4.78 is 13.9. The molecular weight excluding hydrogens is 490 g/mol. The monoisotopic (exact) mass is 533 g/mol. The quantitative estimate of drug-likeness (QED) is 0.298. The molecule has 0 bridgehead atoms. The minimum absolute atomic E-state index is 0.0403. The van der Waals surface area contributed by atoms with Crippen LogP contribution in [0.2, 0.25) is 16.6 Å². The number of rotatable bonds is 6. The van der Waals surface area contributed by atoms with Gasteiger partial charge in [0.2, 0.25) is 8.32 Å². The number of ketones is 1. The first-order chi connectivity index (χ1) is 16.6. The molecule has 1 heterocycles. The number of nitrogens with one attached hydrogen (secondary N) is 1. The molecule has 36 heavy (non-hydrogen) atoms. The standard InChI is InChI=1S/C29H44ClNO4Si/c1-16(2)36(17(3)4,18(5)6)35-25-24-21(15-23(30)28(25,10)19(7)32)27(8,9)29(24)20-13-11-12-14-22(20)31-26(33)34-29/h11-14,16-18,21,23-25H,15H2,1-10H3,(H,31,33)/t21-,23+,24-,25+,28+,29+/m0/s1. The molecule has 2 fully saturated rings. The maximum atomic E-state index is 13.5. The van der Waals surface area contributed by atoms with Gasteiger partial charge in [0.25, 0.3) is 0 Å². The summed E-state index contributed by atoms with van der Waals surface area (Å²) in [6.07, 6.45) is -0.220. The number of hydrogen-bond donors (Lipinski definition) is 1. The molecule has 4 rings (SSSR count). The topological polar surface area (TPSA) is 64.6 Å². The zero-order valence-corrected chi connectivity index (χ0v) is 25.3. The third kappa shape index (κ3) is 3.36. The van der Waals surface area contributed by atoms with E-state index < -0.39 is 31.5 Å². The maximum absolute atomic E-state index is 13.5. The Morgan fingerprint density at radius 3 is 2.17 bits per heavy atom. The lowest BCUT2D eigenvalue weighted by atomic mass is 9.36. The van der Waals surface area contributed by atoms with Crippen LogP contribution in [0, 0.1) is 22.7 Å². The number of Topliss-reactive ketones (excluding diaryl/α,β-unsaturated/α-hetero) is 1. The average Bonchev–Trinajstić information content (AvgIpc) is 2.78. The van der Waals surface area contributed by atoms with Crippen LogP contribution in [0.25, 0.3) is 0 Å². The number of anilines is 1. The van der Waals surface area contributed by atoms with Gasteiger partial charge in [-0.05, 0) is 48.9 Å². The van der Waals surface area contributed by atoms with E-state index in [0.717, 1.165) is 11.3 Å². The number of amides is 1. The highest BCUT2D eigenvalue weighted by atomic mass is 35.5. The lowest BCUT2D eigenvalue weighted by Crippen LogP contribution is -2.78. The predicted octanol–water partition coefficient (Wildman–Crippen LogP) is 7.88. The highest BCUT2D eigenvalue weighted by Gasteiger charge is 2.79. The van der Waals surface area contributed by atoms with Crippen LogP contribution >= 0.6 is 11.6 Å². The van der Waals surface area contributed by atoms with Gasteiger partial charge in [0.05, 0.1) is 17.2 Å². The zero-order chi connectivity index (χ0) is 27.0. The summed E-state index contributed by atoms with van der Waals surface area (Å²) in [6, 6.07) is 7.91. The van der Waals surface area contributed by atoms with Gasteiger partial charge in [-0.25, -0.2) is 4.79 Å². The second-order valence-electron chi connectivity index (χ2n) is 13.0. The largest absolute Gasteiger partial charge is 0.437 e. The molecule has 2 saturated carbocycles. The SMILES string of the molecule is CC(=O)[C@]1(C)[C@H](Cl)C[C@H]2[C@@H]([C@H]1O[Si](C(C)C)(C(C)C)C(C)C)[C@@]1(OC(=O)Nc3ccccc31)C2(C)C. The summed E-state index contributed by atoms with van der Waals surface area (Å²) in [7, 11) is -2.42. The van der Waals surface area contributed by atoms with Gasteiger partial charge in [0.15, 0.2) is 5.60 Å². The third-order valence-electron chi connectivity index (χ3n) is 10.4. The normalized spacial score (nSPS) is 35.2. The maximum Gasteiger partial charge on any atom is 0.412 e. The van der Waals surface area contributed by atoms with Crippen LogP contribution in [0.1, 0.15) is 81.2 Å². The molecule has 1 aromatic rings. The Morgan fingerprint density at radius 1 is 1.08 bits per heavy atom. The predicted molar refractivity (Wildman–Crippen MR) is 148 cm³/mol. The van der Waals surface area contributed by atoms with Gasteiger partial charge < -0.3 is 9.16 Å². The lowest BCUT2D eigenvalue weighted by Gasteiger charge is -2.73. The number of alkyl halides is 1. The minimum Gasteiger partial charge on any atom is -0.437 e. The lowest BCUT2D eigenvalue weighted by molar-refractivity contribution is -0.305. The Kier molecular flexibility index (Phi) is 6.79. The second-order valence-corrected chi connectivity index (χ2v) is 19.0. The summed E-state index contributed by atoms with van der Waals surface area (Å²) >= 11 is 7.15. The average molecular weight is 534 g/mol. The highest BCUT2D eigenvalue weighted by molar-refractivity contribution is 6.77. The Labute approximate surface area is 223 Å². The third-order valence-corrected chi connectivity index (χ3v) is 17.1.